The number of nitrogens with one attached hydrogen (secondary N) is 1. The lowest BCUT2D eigenvalue weighted by Gasteiger charge is -2.00. The van der Waals surface area contributed by atoms with Crippen LogP contribution in [-0.2, 0) is 23.0 Å². The van der Waals surface area contributed by atoms with Gasteiger partial charge in [-0.05, 0) is 6.42 Å². The van der Waals surface area contributed by atoms with Crippen molar-refractivity contribution in [2.75, 3.05) is 12.3 Å². The normalized spacial score (nSPS) is 11.9. The van der Waals surface area contributed by atoms with E-state index in [9.17, 15) is 8.42 Å². The molecule has 0 spiro atoms. The number of sulfonamides is 1. The van der Waals surface area contributed by atoms with Crippen LogP contribution in [0.15, 0.2) is 6.20 Å². The average molecular weight is 249 g/mol. The second-order valence-corrected chi connectivity index (χ2v) is 6.05. The van der Waals surface area contributed by atoms with Crippen LogP contribution in [0.1, 0.15) is 16.8 Å². The van der Waals surface area contributed by atoms with Crippen LogP contribution in [0.5, 0.6) is 0 Å². The van der Waals surface area contributed by atoms with Crippen molar-refractivity contribution in [3.05, 3.63) is 16.1 Å². The number of hydrogen-bond donors (Lipinski definition) is 2. The molecule has 86 valence electrons. The number of primary sulfonamides is 1. The maximum absolute atomic E-state index is 10.6. The van der Waals surface area contributed by atoms with Crippen molar-refractivity contribution in [1.29, 1.82) is 0 Å². The highest BCUT2D eigenvalue weighted by atomic mass is 32.2. The Labute approximate surface area is 93.8 Å². The first-order chi connectivity index (χ1) is 7.01. The van der Waals surface area contributed by atoms with Crippen molar-refractivity contribution in [2.24, 2.45) is 5.14 Å². The van der Waals surface area contributed by atoms with Crippen molar-refractivity contribution < 1.29 is 8.42 Å². The molecule has 1 aromatic heterocycles. The molecule has 0 saturated carbocycles. The molecule has 1 heterocycles. The minimum absolute atomic E-state index is 0.0353. The van der Waals surface area contributed by atoms with Gasteiger partial charge in [0.05, 0.1) is 10.8 Å². The van der Waals surface area contributed by atoms with Crippen LogP contribution in [0.25, 0.3) is 0 Å². The molecule has 0 radical (unpaired) electrons. The van der Waals surface area contributed by atoms with Crippen molar-refractivity contribution in [2.45, 2.75) is 19.9 Å². The van der Waals surface area contributed by atoms with E-state index in [4.69, 9.17) is 5.14 Å². The van der Waals surface area contributed by atoms with Crippen LogP contribution in [-0.4, -0.2) is 25.7 Å². The highest BCUT2D eigenvalue weighted by Crippen LogP contribution is 2.12. The minimum atomic E-state index is -3.35. The zero-order valence-corrected chi connectivity index (χ0v) is 10.2. The number of nitrogens with zero attached hydrogens (tertiary/aromatic N) is 1. The maximum Gasteiger partial charge on any atom is 0.210 e. The standard InChI is InChI=1S/C8H15N3O2S2/c1-2-8-11-6-7(14-8)5-10-3-4-15(9,12)13/h6,10H,2-5H2,1H3,(H2,9,12,13). The van der Waals surface area contributed by atoms with Gasteiger partial charge >= 0.3 is 0 Å². The molecule has 0 atom stereocenters. The van der Waals surface area contributed by atoms with E-state index >= 15 is 0 Å². The van der Waals surface area contributed by atoms with Crippen LogP contribution in [0, 0.1) is 0 Å². The van der Waals surface area contributed by atoms with Crippen molar-refractivity contribution in [1.82, 2.24) is 10.3 Å². The molecule has 15 heavy (non-hydrogen) atoms. The molecule has 0 aliphatic heterocycles. The van der Waals surface area contributed by atoms with E-state index in [1.54, 1.807) is 11.3 Å². The third-order valence-corrected chi connectivity index (χ3v) is 3.68. The largest absolute Gasteiger partial charge is 0.311 e. The molecule has 3 N–H and O–H groups in total. The number of hydrogen-bond acceptors (Lipinski definition) is 5. The molecule has 0 aliphatic carbocycles. The third-order valence-electron chi connectivity index (χ3n) is 1.77. The first kappa shape index (κ1) is 12.6. The maximum atomic E-state index is 10.6. The predicted molar refractivity (Wildman–Crippen MR) is 61.2 cm³/mol. The zero-order chi connectivity index (χ0) is 11.3. The Bertz CT molecular complexity index is 400. The summed E-state index contributed by atoms with van der Waals surface area (Å²) in [7, 11) is -3.35. The lowest BCUT2D eigenvalue weighted by atomic mass is 10.5. The van der Waals surface area contributed by atoms with Crippen LogP contribution in [0.3, 0.4) is 0 Å². The Morgan fingerprint density at radius 1 is 1.60 bits per heavy atom. The van der Waals surface area contributed by atoms with Gasteiger partial charge in [-0.1, -0.05) is 6.92 Å². The van der Waals surface area contributed by atoms with Crippen LogP contribution < -0.4 is 10.5 Å². The van der Waals surface area contributed by atoms with Crippen molar-refractivity contribution in [3.8, 4) is 0 Å². The second-order valence-electron chi connectivity index (χ2n) is 3.12. The van der Waals surface area contributed by atoms with E-state index in [0.717, 1.165) is 16.3 Å². The quantitative estimate of drug-likeness (QED) is 0.699. The summed E-state index contributed by atoms with van der Waals surface area (Å²) in [5.74, 6) is -0.0353. The molecule has 0 aromatic carbocycles. The fourth-order valence-electron chi connectivity index (χ4n) is 1.02. The average Bonchev–Trinajstić information content (AvgIpc) is 2.59. The molecule has 0 aliphatic rings. The number of nitrogens with two attached hydrogens (primary N) is 1. The summed E-state index contributed by atoms with van der Waals surface area (Å²) in [5.41, 5.74) is 0. The predicted octanol–water partition coefficient (Wildman–Crippen LogP) is 0.0836. The number of aromatic nitrogens is 1. The van der Waals surface area contributed by atoms with Gasteiger partial charge in [0.1, 0.15) is 0 Å². The molecule has 1 aromatic rings. The van der Waals surface area contributed by atoms with Gasteiger partial charge in [0, 0.05) is 24.2 Å². The van der Waals surface area contributed by atoms with Crippen LogP contribution in [0.4, 0.5) is 0 Å². The molecular weight excluding hydrogens is 234 g/mol. The lowest BCUT2D eigenvalue weighted by Crippen LogP contribution is -2.26. The van der Waals surface area contributed by atoms with Gasteiger partial charge in [0.15, 0.2) is 0 Å². The molecule has 1 rings (SSSR count). The molecule has 0 bridgehead atoms. The molecule has 0 unspecified atom stereocenters. The molecule has 0 amide bonds. The van der Waals surface area contributed by atoms with Gasteiger partial charge < -0.3 is 5.32 Å². The van der Waals surface area contributed by atoms with Gasteiger partial charge in [-0.15, -0.1) is 11.3 Å². The summed E-state index contributed by atoms with van der Waals surface area (Å²) in [6.45, 7) is 3.07. The topological polar surface area (TPSA) is 85.1 Å². The molecule has 7 heteroatoms. The first-order valence-electron chi connectivity index (χ1n) is 4.66. The number of thiazole rings is 1. The van der Waals surface area contributed by atoms with Gasteiger partial charge in [-0.25, -0.2) is 18.5 Å². The molecule has 0 fully saturated rings. The highest BCUT2D eigenvalue weighted by Gasteiger charge is 2.02. The second kappa shape index (κ2) is 5.55. The van der Waals surface area contributed by atoms with E-state index in [0.29, 0.717) is 13.1 Å². The van der Waals surface area contributed by atoms with E-state index in [2.05, 4.69) is 17.2 Å². The molecular formula is C8H15N3O2S2. The Balaban J connectivity index is 2.26. The Morgan fingerprint density at radius 3 is 2.87 bits per heavy atom. The van der Waals surface area contributed by atoms with Crippen LogP contribution >= 0.6 is 11.3 Å². The number of rotatable bonds is 6. The van der Waals surface area contributed by atoms with Gasteiger partial charge in [-0.3, -0.25) is 0 Å². The molecule has 5 nitrogen and oxygen atoms in total. The summed E-state index contributed by atoms with van der Waals surface area (Å²) >= 11 is 1.64. The fraction of sp³-hybridized carbons (Fsp3) is 0.625. The Kier molecular flexibility index (Phi) is 4.65. The summed E-state index contributed by atoms with van der Waals surface area (Å²) < 4.78 is 21.2. The SMILES string of the molecule is CCc1ncc(CNCCS(N)(=O)=O)s1. The third kappa shape index (κ3) is 5.22. The van der Waals surface area contributed by atoms with Gasteiger partial charge in [0.25, 0.3) is 0 Å². The smallest absolute Gasteiger partial charge is 0.210 e. The van der Waals surface area contributed by atoms with E-state index in [-0.39, 0.29) is 5.75 Å². The van der Waals surface area contributed by atoms with E-state index in [1.807, 2.05) is 6.20 Å². The van der Waals surface area contributed by atoms with Gasteiger partial charge in [0.2, 0.25) is 10.0 Å². The van der Waals surface area contributed by atoms with Crippen molar-refractivity contribution >= 4 is 21.4 Å². The summed E-state index contributed by atoms with van der Waals surface area (Å²) in [4.78, 5) is 5.31. The summed E-state index contributed by atoms with van der Waals surface area (Å²) in [6, 6.07) is 0. The summed E-state index contributed by atoms with van der Waals surface area (Å²) in [5, 5.41) is 8.97. The Hall–Kier alpha value is -0.500. The van der Waals surface area contributed by atoms with E-state index in [1.165, 1.54) is 0 Å². The van der Waals surface area contributed by atoms with Gasteiger partial charge in [-0.2, -0.15) is 0 Å². The summed E-state index contributed by atoms with van der Waals surface area (Å²) in [6.07, 6.45) is 2.75. The number of aryl methyl sites for hydroxylation is 1. The Morgan fingerprint density at radius 2 is 2.33 bits per heavy atom. The monoisotopic (exact) mass is 249 g/mol. The van der Waals surface area contributed by atoms with Crippen molar-refractivity contribution in [3.63, 3.8) is 0 Å². The highest BCUT2D eigenvalue weighted by molar-refractivity contribution is 7.89. The first-order valence-corrected chi connectivity index (χ1v) is 7.19. The molecule has 0 saturated heterocycles. The fourth-order valence-corrected chi connectivity index (χ4v) is 2.28. The lowest BCUT2D eigenvalue weighted by molar-refractivity contribution is 0.592. The minimum Gasteiger partial charge on any atom is -0.311 e. The van der Waals surface area contributed by atoms with E-state index < -0.39 is 10.0 Å². The van der Waals surface area contributed by atoms with Crippen LogP contribution in [0.2, 0.25) is 0 Å². The zero-order valence-electron chi connectivity index (χ0n) is 8.56.